The highest BCUT2D eigenvalue weighted by atomic mass is 35.5. The van der Waals surface area contributed by atoms with Crippen molar-refractivity contribution in [2.24, 2.45) is 5.92 Å². The van der Waals surface area contributed by atoms with Gasteiger partial charge < -0.3 is 10.1 Å². The summed E-state index contributed by atoms with van der Waals surface area (Å²) in [6.45, 7) is 6.74. The smallest absolute Gasteiger partial charge is 0.261 e. The molecule has 0 aliphatic carbocycles. The third-order valence-electron chi connectivity index (χ3n) is 3.74. The van der Waals surface area contributed by atoms with Crippen LogP contribution in [0.4, 0.5) is 5.69 Å². The lowest BCUT2D eigenvalue weighted by Crippen LogP contribution is -2.34. The standard InChI is InChI=1S/C20H23ClN2O2S/c1-13(2)10-11-25-18-7-5-4-6-16(18)19(24)23-20(26)22-15-9-8-14(3)17(21)12-15/h4-9,12-13H,10-11H2,1-3H3,(H2,22,23,24,26). The van der Waals surface area contributed by atoms with Crippen LogP contribution in [0.3, 0.4) is 0 Å². The summed E-state index contributed by atoms with van der Waals surface area (Å²) in [7, 11) is 0. The summed E-state index contributed by atoms with van der Waals surface area (Å²) in [5, 5.41) is 6.47. The number of carbonyl (C=O) groups excluding carboxylic acids is 1. The summed E-state index contributed by atoms with van der Waals surface area (Å²) in [4.78, 5) is 12.5. The Bertz CT molecular complexity index is 793. The fourth-order valence-electron chi connectivity index (χ4n) is 2.19. The Balaban J connectivity index is 2.00. The Morgan fingerprint density at radius 2 is 1.96 bits per heavy atom. The molecule has 0 radical (unpaired) electrons. The third kappa shape index (κ3) is 6.00. The van der Waals surface area contributed by atoms with Crippen LogP contribution in [-0.4, -0.2) is 17.6 Å². The summed E-state index contributed by atoms with van der Waals surface area (Å²) in [6, 6.07) is 12.6. The van der Waals surface area contributed by atoms with Gasteiger partial charge >= 0.3 is 0 Å². The first-order chi connectivity index (χ1) is 12.4. The third-order valence-corrected chi connectivity index (χ3v) is 4.35. The molecule has 26 heavy (non-hydrogen) atoms. The summed E-state index contributed by atoms with van der Waals surface area (Å²) in [6.07, 6.45) is 0.921. The van der Waals surface area contributed by atoms with E-state index in [4.69, 9.17) is 28.6 Å². The molecule has 0 heterocycles. The van der Waals surface area contributed by atoms with Crippen molar-refractivity contribution in [2.75, 3.05) is 11.9 Å². The first-order valence-corrected chi connectivity index (χ1v) is 9.25. The van der Waals surface area contributed by atoms with Crippen LogP contribution < -0.4 is 15.4 Å². The average molecular weight is 391 g/mol. The Kier molecular flexibility index (Phi) is 7.42. The molecule has 0 unspecified atom stereocenters. The number of halogens is 1. The first-order valence-electron chi connectivity index (χ1n) is 8.47. The van der Waals surface area contributed by atoms with Gasteiger partial charge in [-0.05, 0) is 61.3 Å². The predicted octanol–water partition coefficient (Wildman–Crippen LogP) is 5.20. The number of benzene rings is 2. The van der Waals surface area contributed by atoms with Crippen LogP contribution >= 0.6 is 23.8 Å². The molecular formula is C20H23ClN2O2S. The molecule has 0 aromatic heterocycles. The van der Waals surface area contributed by atoms with Gasteiger partial charge in [-0.3, -0.25) is 10.1 Å². The van der Waals surface area contributed by atoms with E-state index in [2.05, 4.69) is 24.5 Å². The fraction of sp³-hybridized carbons (Fsp3) is 0.300. The second kappa shape index (κ2) is 9.55. The lowest BCUT2D eigenvalue weighted by molar-refractivity contribution is 0.0973. The van der Waals surface area contributed by atoms with Crippen molar-refractivity contribution >= 4 is 40.5 Å². The van der Waals surface area contributed by atoms with Gasteiger partial charge in [0.25, 0.3) is 5.91 Å². The van der Waals surface area contributed by atoms with E-state index in [0.717, 1.165) is 12.0 Å². The minimum atomic E-state index is -0.319. The van der Waals surface area contributed by atoms with E-state index >= 15 is 0 Å². The molecule has 1 amide bonds. The van der Waals surface area contributed by atoms with Crippen molar-refractivity contribution in [2.45, 2.75) is 27.2 Å². The largest absolute Gasteiger partial charge is 0.493 e. The number of carbonyl (C=O) groups is 1. The number of nitrogens with one attached hydrogen (secondary N) is 2. The van der Waals surface area contributed by atoms with E-state index in [1.165, 1.54) is 0 Å². The molecule has 138 valence electrons. The number of hydrogen-bond donors (Lipinski definition) is 2. The van der Waals surface area contributed by atoms with Crippen LogP contribution in [0.15, 0.2) is 42.5 Å². The van der Waals surface area contributed by atoms with Gasteiger partial charge in [0, 0.05) is 10.7 Å². The van der Waals surface area contributed by atoms with Gasteiger partial charge in [0.05, 0.1) is 12.2 Å². The molecular weight excluding hydrogens is 368 g/mol. The molecule has 6 heteroatoms. The van der Waals surface area contributed by atoms with Crippen molar-refractivity contribution in [3.05, 3.63) is 58.6 Å². The van der Waals surface area contributed by atoms with E-state index in [-0.39, 0.29) is 11.0 Å². The topological polar surface area (TPSA) is 50.4 Å². The number of thiocarbonyl (C=S) groups is 1. The normalized spacial score (nSPS) is 10.5. The van der Waals surface area contributed by atoms with E-state index in [0.29, 0.717) is 34.5 Å². The second-order valence-corrected chi connectivity index (χ2v) is 7.21. The summed E-state index contributed by atoms with van der Waals surface area (Å²) in [5.41, 5.74) is 2.13. The molecule has 0 spiro atoms. The highest BCUT2D eigenvalue weighted by Gasteiger charge is 2.14. The Labute approximate surface area is 164 Å². The lowest BCUT2D eigenvalue weighted by Gasteiger charge is -2.14. The minimum Gasteiger partial charge on any atom is -0.493 e. The number of hydrogen-bond acceptors (Lipinski definition) is 3. The highest BCUT2D eigenvalue weighted by Crippen LogP contribution is 2.21. The molecule has 0 aliphatic heterocycles. The van der Waals surface area contributed by atoms with Gasteiger partial charge in [-0.2, -0.15) is 0 Å². The van der Waals surface area contributed by atoms with Gasteiger partial charge in [0.15, 0.2) is 5.11 Å². The first kappa shape index (κ1) is 20.2. The zero-order valence-electron chi connectivity index (χ0n) is 15.1. The van der Waals surface area contributed by atoms with Gasteiger partial charge in [-0.1, -0.05) is 43.6 Å². The SMILES string of the molecule is Cc1ccc(NC(=S)NC(=O)c2ccccc2OCCC(C)C)cc1Cl. The zero-order valence-corrected chi connectivity index (χ0v) is 16.7. The number of amides is 1. The van der Waals surface area contributed by atoms with Crippen LogP contribution in [0.5, 0.6) is 5.75 Å². The van der Waals surface area contributed by atoms with Crippen LogP contribution in [0.2, 0.25) is 5.02 Å². The molecule has 2 rings (SSSR count). The molecule has 2 aromatic carbocycles. The van der Waals surface area contributed by atoms with E-state index in [9.17, 15) is 4.79 Å². The number of para-hydroxylation sites is 1. The molecule has 4 nitrogen and oxygen atoms in total. The van der Waals surface area contributed by atoms with E-state index < -0.39 is 0 Å². The van der Waals surface area contributed by atoms with Crippen molar-refractivity contribution in [1.82, 2.24) is 5.32 Å². The molecule has 0 fully saturated rings. The van der Waals surface area contributed by atoms with E-state index in [1.807, 2.05) is 25.1 Å². The zero-order chi connectivity index (χ0) is 19.1. The van der Waals surface area contributed by atoms with Crippen LogP contribution in [0.1, 0.15) is 36.2 Å². The maximum atomic E-state index is 12.5. The monoisotopic (exact) mass is 390 g/mol. The number of aryl methyl sites for hydroxylation is 1. The molecule has 0 saturated heterocycles. The number of rotatable bonds is 6. The van der Waals surface area contributed by atoms with Crippen molar-refractivity contribution < 1.29 is 9.53 Å². The van der Waals surface area contributed by atoms with Crippen LogP contribution in [0.25, 0.3) is 0 Å². The molecule has 2 N–H and O–H groups in total. The lowest BCUT2D eigenvalue weighted by atomic mass is 10.1. The van der Waals surface area contributed by atoms with Crippen LogP contribution in [-0.2, 0) is 0 Å². The average Bonchev–Trinajstić information content (AvgIpc) is 2.58. The van der Waals surface area contributed by atoms with Gasteiger partial charge in [0.2, 0.25) is 0 Å². The Morgan fingerprint density at radius 3 is 2.65 bits per heavy atom. The Morgan fingerprint density at radius 1 is 1.23 bits per heavy atom. The maximum Gasteiger partial charge on any atom is 0.261 e. The fourth-order valence-corrected chi connectivity index (χ4v) is 2.58. The van der Waals surface area contributed by atoms with Crippen molar-refractivity contribution in [1.29, 1.82) is 0 Å². The molecule has 2 aromatic rings. The minimum absolute atomic E-state index is 0.201. The van der Waals surface area contributed by atoms with Crippen LogP contribution in [0, 0.1) is 12.8 Å². The van der Waals surface area contributed by atoms with Gasteiger partial charge in [0.1, 0.15) is 5.75 Å². The molecule has 0 bridgehead atoms. The number of ether oxygens (including phenoxy) is 1. The summed E-state index contributed by atoms with van der Waals surface area (Å²) < 4.78 is 5.76. The number of anilines is 1. The molecule has 0 atom stereocenters. The van der Waals surface area contributed by atoms with Crippen molar-refractivity contribution in [3.63, 3.8) is 0 Å². The summed E-state index contributed by atoms with van der Waals surface area (Å²) >= 11 is 11.3. The predicted molar refractivity (Wildman–Crippen MR) is 111 cm³/mol. The quantitative estimate of drug-likeness (QED) is 0.665. The maximum absolute atomic E-state index is 12.5. The summed E-state index contributed by atoms with van der Waals surface area (Å²) in [5.74, 6) is 0.766. The van der Waals surface area contributed by atoms with Gasteiger partial charge in [-0.25, -0.2) is 0 Å². The van der Waals surface area contributed by atoms with E-state index in [1.54, 1.807) is 24.3 Å². The van der Waals surface area contributed by atoms with Crippen molar-refractivity contribution in [3.8, 4) is 5.75 Å². The van der Waals surface area contributed by atoms with Gasteiger partial charge in [-0.15, -0.1) is 0 Å². The molecule has 0 saturated carbocycles. The second-order valence-electron chi connectivity index (χ2n) is 6.40. The molecule has 0 aliphatic rings. The highest BCUT2D eigenvalue weighted by molar-refractivity contribution is 7.80. The Hall–Kier alpha value is -2.11.